The molecule has 2 rings (SSSR count). The first-order valence-electron chi connectivity index (χ1n) is 5.02. The van der Waals surface area contributed by atoms with Gasteiger partial charge >= 0.3 is 0 Å². The summed E-state index contributed by atoms with van der Waals surface area (Å²) in [6.07, 6.45) is 0.549. The molecule has 1 saturated heterocycles. The molecule has 4 N–H and O–H groups in total. The standard InChI is InChI=1S/C10H14N2O3S/c11-7-1-4-16-8(7)9(13)12-5-10(14)2-3-15-6-10/h1,4,14H,2-3,5-6,11H2,(H,12,13). The van der Waals surface area contributed by atoms with Gasteiger partial charge in [-0.1, -0.05) is 0 Å². The topological polar surface area (TPSA) is 84.6 Å². The number of carbonyl (C=O) groups is 1. The molecular formula is C10H14N2O3S. The molecule has 1 aliphatic heterocycles. The number of hydrogen-bond acceptors (Lipinski definition) is 5. The molecule has 0 radical (unpaired) electrons. The van der Waals surface area contributed by atoms with Crippen LogP contribution < -0.4 is 11.1 Å². The van der Waals surface area contributed by atoms with Crippen LogP contribution in [0.3, 0.4) is 0 Å². The molecule has 0 aliphatic carbocycles. The Bertz CT molecular complexity index is 385. The van der Waals surface area contributed by atoms with E-state index in [-0.39, 0.29) is 19.1 Å². The Balaban J connectivity index is 1.91. The molecule has 0 spiro atoms. The Morgan fingerprint density at radius 3 is 3.12 bits per heavy atom. The number of ether oxygens (including phenoxy) is 1. The highest BCUT2D eigenvalue weighted by molar-refractivity contribution is 7.12. The lowest BCUT2D eigenvalue weighted by Gasteiger charge is -2.20. The number of aliphatic hydroxyl groups is 1. The Morgan fingerprint density at radius 2 is 2.56 bits per heavy atom. The zero-order valence-corrected chi connectivity index (χ0v) is 9.55. The third-order valence-electron chi connectivity index (χ3n) is 2.56. The van der Waals surface area contributed by atoms with Crippen molar-refractivity contribution in [1.29, 1.82) is 0 Å². The van der Waals surface area contributed by atoms with Gasteiger partial charge in [-0.3, -0.25) is 4.79 Å². The smallest absolute Gasteiger partial charge is 0.263 e. The Labute approximate surface area is 97.2 Å². The lowest BCUT2D eigenvalue weighted by molar-refractivity contribution is 0.0265. The van der Waals surface area contributed by atoms with E-state index in [0.717, 1.165) is 0 Å². The van der Waals surface area contributed by atoms with E-state index in [2.05, 4.69) is 5.32 Å². The molecular weight excluding hydrogens is 228 g/mol. The molecule has 5 nitrogen and oxygen atoms in total. The van der Waals surface area contributed by atoms with Gasteiger partial charge in [0, 0.05) is 19.6 Å². The average molecular weight is 242 g/mol. The largest absolute Gasteiger partial charge is 0.397 e. The number of rotatable bonds is 3. The van der Waals surface area contributed by atoms with Crippen LogP contribution in [0.2, 0.25) is 0 Å². The first-order valence-corrected chi connectivity index (χ1v) is 5.90. The van der Waals surface area contributed by atoms with Crippen LogP contribution in [0.25, 0.3) is 0 Å². The summed E-state index contributed by atoms with van der Waals surface area (Å²) in [5, 5.41) is 14.4. The van der Waals surface area contributed by atoms with Crippen molar-refractivity contribution in [3.63, 3.8) is 0 Å². The fourth-order valence-electron chi connectivity index (χ4n) is 1.56. The van der Waals surface area contributed by atoms with Gasteiger partial charge in [-0.25, -0.2) is 0 Å². The molecule has 1 aromatic rings. The third kappa shape index (κ3) is 2.34. The van der Waals surface area contributed by atoms with Crippen LogP contribution in [0.5, 0.6) is 0 Å². The van der Waals surface area contributed by atoms with Gasteiger partial charge in [0.25, 0.3) is 5.91 Å². The van der Waals surface area contributed by atoms with Crippen molar-refractivity contribution in [2.24, 2.45) is 0 Å². The molecule has 0 aromatic carbocycles. The van der Waals surface area contributed by atoms with Gasteiger partial charge in [0.1, 0.15) is 10.5 Å². The van der Waals surface area contributed by atoms with Crippen molar-refractivity contribution < 1.29 is 14.6 Å². The second-order valence-electron chi connectivity index (χ2n) is 3.91. The average Bonchev–Trinajstić information content (AvgIpc) is 2.85. The predicted molar refractivity (Wildman–Crippen MR) is 61.5 cm³/mol. The van der Waals surface area contributed by atoms with Gasteiger partial charge in [-0.15, -0.1) is 11.3 Å². The number of nitrogens with two attached hydrogens (primary N) is 1. The lowest BCUT2D eigenvalue weighted by atomic mass is 10.0. The summed E-state index contributed by atoms with van der Waals surface area (Å²) in [5.74, 6) is -0.243. The fraction of sp³-hybridized carbons (Fsp3) is 0.500. The third-order valence-corrected chi connectivity index (χ3v) is 3.49. The van der Waals surface area contributed by atoms with Crippen LogP contribution in [-0.2, 0) is 4.74 Å². The second kappa shape index (κ2) is 4.40. The van der Waals surface area contributed by atoms with Crippen molar-refractivity contribution in [3.8, 4) is 0 Å². The number of nitrogen functional groups attached to an aromatic ring is 1. The summed E-state index contributed by atoms with van der Waals surface area (Å²) < 4.78 is 5.08. The highest BCUT2D eigenvalue weighted by Crippen LogP contribution is 2.20. The van der Waals surface area contributed by atoms with Crippen molar-refractivity contribution in [3.05, 3.63) is 16.3 Å². The lowest BCUT2D eigenvalue weighted by Crippen LogP contribution is -2.43. The van der Waals surface area contributed by atoms with Crippen LogP contribution in [0, 0.1) is 0 Å². The van der Waals surface area contributed by atoms with E-state index in [9.17, 15) is 9.90 Å². The van der Waals surface area contributed by atoms with Crippen LogP contribution >= 0.6 is 11.3 Å². The highest BCUT2D eigenvalue weighted by Gasteiger charge is 2.32. The summed E-state index contributed by atoms with van der Waals surface area (Å²) in [6, 6.07) is 1.69. The van der Waals surface area contributed by atoms with E-state index in [1.807, 2.05) is 0 Å². The number of hydrogen-bond donors (Lipinski definition) is 3. The normalized spacial score (nSPS) is 24.6. The summed E-state index contributed by atoms with van der Waals surface area (Å²) in [6.45, 7) is 1.00. The van der Waals surface area contributed by atoms with E-state index in [4.69, 9.17) is 10.5 Å². The summed E-state index contributed by atoms with van der Waals surface area (Å²) in [4.78, 5) is 12.2. The van der Waals surface area contributed by atoms with Crippen molar-refractivity contribution in [2.75, 3.05) is 25.5 Å². The number of carbonyl (C=O) groups excluding carboxylic acids is 1. The van der Waals surface area contributed by atoms with E-state index >= 15 is 0 Å². The molecule has 0 bridgehead atoms. The van der Waals surface area contributed by atoms with E-state index in [0.29, 0.717) is 23.6 Å². The van der Waals surface area contributed by atoms with Gasteiger partial charge < -0.3 is 20.9 Å². The molecule has 1 unspecified atom stereocenters. The minimum Gasteiger partial charge on any atom is -0.397 e. The van der Waals surface area contributed by atoms with E-state index in [1.54, 1.807) is 11.4 Å². The highest BCUT2D eigenvalue weighted by atomic mass is 32.1. The SMILES string of the molecule is Nc1ccsc1C(=O)NCC1(O)CCOC1. The molecule has 1 aromatic heterocycles. The molecule has 88 valence electrons. The molecule has 6 heteroatoms. The Morgan fingerprint density at radius 1 is 1.75 bits per heavy atom. The summed E-state index contributed by atoms with van der Waals surface area (Å²) >= 11 is 1.29. The Hall–Kier alpha value is -1.11. The zero-order chi connectivity index (χ0) is 11.6. The molecule has 1 amide bonds. The molecule has 2 heterocycles. The Kier molecular flexibility index (Phi) is 3.13. The first-order chi connectivity index (χ1) is 7.61. The van der Waals surface area contributed by atoms with Crippen molar-refractivity contribution >= 4 is 22.9 Å². The predicted octanol–water partition coefficient (Wildman–Crippen LogP) is 0.211. The molecule has 1 atom stereocenters. The summed E-state index contributed by atoms with van der Waals surface area (Å²) in [5.41, 5.74) is 5.16. The van der Waals surface area contributed by atoms with Gasteiger partial charge in [-0.2, -0.15) is 0 Å². The monoisotopic (exact) mass is 242 g/mol. The van der Waals surface area contributed by atoms with Gasteiger partial charge in [-0.05, 0) is 11.4 Å². The number of amides is 1. The number of nitrogens with one attached hydrogen (secondary N) is 1. The maximum atomic E-state index is 11.7. The molecule has 16 heavy (non-hydrogen) atoms. The first kappa shape index (κ1) is 11.4. The number of thiophene rings is 1. The number of anilines is 1. The maximum Gasteiger partial charge on any atom is 0.263 e. The van der Waals surface area contributed by atoms with Crippen LogP contribution in [0.4, 0.5) is 5.69 Å². The van der Waals surface area contributed by atoms with E-state index < -0.39 is 5.60 Å². The molecule has 1 fully saturated rings. The van der Waals surface area contributed by atoms with Gasteiger partial charge in [0.15, 0.2) is 0 Å². The second-order valence-corrected chi connectivity index (χ2v) is 4.83. The van der Waals surface area contributed by atoms with Crippen LogP contribution in [0.1, 0.15) is 16.1 Å². The minimum atomic E-state index is -0.929. The van der Waals surface area contributed by atoms with Gasteiger partial charge in [0.05, 0.1) is 12.3 Å². The van der Waals surface area contributed by atoms with Crippen LogP contribution in [-0.4, -0.2) is 36.4 Å². The molecule has 0 saturated carbocycles. The summed E-state index contributed by atoms with van der Waals surface area (Å²) in [7, 11) is 0. The van der Waals surface area contributed by atoms with E-state index in [1.165, 1.54) is 11.3 Å². The fourth-order valence-corrected chi connectivity index (χ4v) is 2.30. The van der Waals surface area contributed by atoms with Crippen molar-refractivity contribution in [2.45, 2.75) is 12.0 Å². The minimum absolute atomic E-state index is 0.198. The zero-order valence-electron chi connectivity index (χ0n) is 8.73. The quantitative estimate of drug-likeness (QED) is 0.707. The molecule has 1 aliphatic rings. The van der Waals surface area contributed by atoms with Crippen molar-refractivity contribution in [1.82, 2.24) is 5.32 Å². The maximum absolute atomic E-state index is 11.7. The van der Waals surface area contributed by atoms with Crippen LogP contribution in [0.15, 0.2) is 11.4 Å². The van der Waals surface area contributed by atoms with Gasteiger partial charge in [0.2, 0.25) is 0 Å².